The summed E-state index contributed by atoms with van der Waals surface area (Å²) in [4.78, 5) is 19.3. The van der Waals surface area contributed by atoms with Crippen LogP contribution in [0.25, 0.3) is 5.82 Å². The van der Waals surface area contributed by atoms with Crippen LogP contribution in [0.3, 0.4) is 0 Å². The molecule has 0 radical (unpaired) electrons. The average Bonchev–Trinajstić information content (AvgIpc) is 2.89. The van der Waals surface area contributed by atoms with Crippen molar-refractivity contribution in [3.63, 3.8) is 0 Å². The fourth-order valence-corrected chi connectivity index (χ4v) is 3.39. The number of hydrogen-bond donors (Lipinski definition) is 1. The third-order valence-corrected chi connectivity index (χ3v) is 4.66. The molecule has 3 rings (SSSR count). The number of halogens is 2. The third-order valence-electron chi connectivity index (χ3n) is 4.66. The van der Waals surface area contributed by atoms with E-state index in [9.17, 15) is 4.79 Å². The molecule has 2 aromatic rings. The minimum Gasteiger partial charge on any atom is -0.337 e. The molecule has 1 N–H and O–H groups in total. The molecule has 0 spiro atoms. The molecular formula is C18H26Cl2N4O. The normalized spacial score (nSPS) is 16.8. The van der Waals surface area contributed by atoms with Gasteiger partial charge in [-0.2, -0.15) is 0 Å². The summed E-state index contributed by atoms with van der Waals surface area (Å²) in [5, 5.41) is 3.29. The Kier molecular flexibility index (Phi) is 7.93. The van der Waals surface area contributed by atoms with Crippen LogP contribution in [0.1, 0.15) is 34.6 Å². The molecule has 0 bridgehead atoms. The Hall–Kier alpha value is -1.56. The van der Waals surface area contributed by atoms with E-state index in [2.05, 4.69) is 10.3 Å². The first kappa shape index (κ1) is 21.5. The molecule has 1 aliphatic rings. The van der Waals surface area contributed by atoms with Crippen molar-refractivity contribution in [2.45, 2.75) is 32.7 Å². The zero-order valence-electron chi connectivity index (χ0n) is 14.9. The number of amides is 1. The molecule has 0 aromatic carbocycles. The summed E-state index contributed by atoms with van der Waals surface area (Å²) in [6.45, 7) is 5.63. The first-order chi connectivity index (χ1) is 11.1. The minimum absolute atomic E-state index is 0. The van der Waals surface area contributed by atoms with Crippen molar-refractivity contribution in [1.82, 2.24) is 19.8 Å². The summed E-state index contributed by atoms with van der Waals surface area (Å²) in [7, 11) is 1.96. The van der Waals surface area contributed by atoms with Gasteiger partial charge in [-0.15, -0.1) is 24.8 Å². The zero-order chi connectivity index (χ0) is 16.4. The second kappa shape index (κ2) is 9.22. The largest absolute Gasteiger partial charge is 0.337 e. The van der Waals surface area contributed by atoms with E-state index in [0.717, 1.165) is 48.7 Å². The maximum absolute atomic E-state index is 12.9. The maximum atomic E-state index is 12.9. The number of carbonyl (C=O) groups excluding carboxylic acids is 1. The van der Waals surface area contributed by atoms with Gasteiger partial charge in [-0.25, -0.2) is 4.98 Å². The smallest absolute Gasteiger partial charge is 0.255 e. The molecule has 7 heteroatoms. The molecule has 25 heavy (non-hydrogen) atoms. The van der Waals surface area contributed by atoms with Crippen LogP contribution in [0.4, 0.5) is 0 Å². The van der Waals surface area contributed by atoms with Crippen LogP contribution in [0.5, 0.6) is 0 Å². The van der Waals surface area contributed by atoms with Crippen molar-refractivity contribution >= 4 is 30.7 Å². The Morgan fingerprint density at radius 3 is 2.68 bits per heavy atom. The lowest BCUT2D eigenvalue weighted by molar-refractivity contribution is 0.0697. The van der Waals surface area contributed by atoms with E-state index in [1.54, 1.807) is 6.20 Å². The minimum atomic E-state index is 0. The lowest BCUT2D eigenvalue weighted by Gasteiger charge is -2.32. The topological polar surface area (TPSA) is 50.2 Å². The lowest BCUT2D eigenvalue weighted by atomic mass is 10.0. The number of carbonyl (C=O) groups is 1. The second-order valence-electron chi connectivity index (χ2n) is 6.19. The number of pyridine rings is 1. The molecule has 1 amide bonds. The van der Waals surface area contributed by atoms with Gasteiger partial charge in [-0.3, -0.25) is 4.79 Å². The van der Waals surface area contributed by atoms with Gasteiger partial charge < -0.3 is 14.8 Å². The monoisotopic (exact) mass is 384 g/mol. The fraction of sp³-hybridized carbons (Fsp3) is 0.444. The SMILES string of the molecule is CNC1CCCN(C(=O)c2cc(C)n(-c3ccccn3)c2C)C1.Cl.Cl. The summed E-state index contributed by atoms with van der Waals surface area (Å²) in [6, 6.07) is 8.20. The number of likely N-dealkylation sites (tertiary alicyclic amines) is 1. The molecule has 2 aromatic heterocycles. The van der Waals surface area contributed by atoms with E-state index in [4.69, 9.17) is 0 Å². The molecule has 3 heterocycles. The Morgan fingerprint density at radius 1 is 1.28 bits per heavy atom. The Labute approximate surface area is 161 Å². The summed E-state index contributed by atoms with van der Waals surface area (Å²) in [5.41, 5.74) is 2.77. The Balaban J connectivity index is 0.00000156. The lowest BCUT2D eigenvalue weighted by Crippen LogP contribution is -2.47. The third kappa shape index (κ3) is 4.35. The molecule has 1 aliphatic heterocycles. The number of likely N-dealkylation sites (N-methyl/N-ethyl adjacent to an activating group) is 1. The van der Waals surface area contributed by atoms with Gasteiger partial charge in [0.1, 0.15) is 5.82 Å². The van der Waals surface area contributed by atoms with E-state index in [-0.39, 0.29) is 30.7 Å². The van der Waals surface area contributed by atoms with Gasteiger partial charge in [0.15, 0.2) is 0 Å². The second-order valence-corrected chi connectivity index (χ2v) is 6.19. The van der Waals surface area contributed by atoms with Gasteiger partial charge in [0.25, 0.3) is 5.91 Å². The zero-order valence-corrected chi connectivity index (χ0v) is 16.5. The van der Waals surface area contributed by atoms with E-state index in [0.29, 0.717) is 6.04 Å². The van der Waals surface area contributed by atoms with Crippen molar-refractivity contribution in [3.8, 4) is 5.82 Å². The predicted octanol–water partition coefficient (Wildman–Crippen LogP) is 3.16. The Bertz CT molecular complexity index is 703. The number of aryl methyl sites for hydroxylation is 1. The molecule has 138 valence electrons. The summed E-state index contributed by atoms with van der Waals surface area (Å²) in [5.74, 6) is 0.980. The highest BCUT2D eigenvalue weighted by atomic mass is 35.5. The van der Waals surface area contributed by atoms with Gasteiger partial charge in [-0.05, 0) is 51.9 Å². The fourth-order valence-electron chi connectivity index (χ4n) is 3.39. The van der Waals surface area contributed by atoms with Crippen molar-refractivity contribution in [2.75, 3.05) is 20.1 Å². The van der Waals surface area contributed by atoms with E-state index in [1.807, 2.05) is 54.6 Å². The number of rotatable bonds is 3. The van der Waals surface area contributed by atoms with Gasteiger partial charge >= 0.3 is 0 Å². The highest BCUT2D eigenvalue weighted by Crippen LogP contribution is 2.22. The maximum Gasteiger partial charge on any atom is 0.255 e. The van der Waals surface area contributed by atoms with Crippen LogP contribution in [-0.2, 0) is 0 Å². The van der Waals surface area contributed by atoms with Gasteiger partial charge in [0.2, 0.25) is 0 Å². The van der Waals surface area contributed by atoms with Crippen molar-refractivity contribution in [1.29, 1.82) is 0 Å². The van der Waals surface area contributed by atoms with Crippen molar-refractivity contribution < 1.29 is 4.79 Å². The highest BCUT2D eigenvalue weighted by molar-refractivity contribution is 5.96. The van der Waals surface area contributed by atoms with Gasteiger partial charge in [0, 0.05) is 36.7 Å². The van der Waals surface area contributed by atoms with Crippen molar-refractivity contribution in [3.05, 3.63) is 47.4 Å². The average molecular weight is 385 g/mol. The summed E-state index contributed by atoms with van der Waals surface area (Å²) in [6.07, 6.45) is 3.96. The molecule has 1 atom stereocenters. The number of hydrogen-bond acceptors (Lipinski definition) is 3. The molecule has 1 fully saturated rings. The van der Waals surface area contributed by atoms with E-state index >= 15 is 0 Å². The van der Waals surface area contributed by atoms with Crippen LogP contribution in [0, 0.1) is 13.8 Å². The van der Waals surface area contributed by atoms with Crippen LogP contribution < -0.4 is 5.32 Å². The van der Waals surface area contributed by atoms with Crippen molar-refractivity contribution in [2.24, 2.45) is 0 Å². The number of aromatic nitrogens is 2. The van der Waals surface area contributed by atoms with Crippen LogP contribution in [0.15, 0.2) is 30.5 Å². The molecule has 0 aliphatic carbocycles. The summed E-state index contributed by atoms with van der Waals surface area (Å²) < 4.78 is 2.05. The quantitative estimate of drug-likeness (QED) is 0.883. The molecule has 5 nitrogen and oxygen atoms in total. The molecule has 0 saturated carbocycles. The standard InChI is InChI=1S/C18H24N4O.2ClH/c1-13-11-16(14(2)22(13)17-8-4-5-9-20-17)18(23)21-10-6-7-15(12-21)19-3;;/h4-5,8-9,11,15,19H,6-7,10,12H2,1-3H3;2*1H. The van der Waals surface area contributed by atoms with E-state index in [1.165, 1.54) is 0 Å². The van der Waals surface area contributed by atoms with Gasteiger partial charge in [0.05, 0.1) is 5.56 Å². The van der Waals surface area contributed by atoms with Crippen LogP contribution in [-0.4, -0.2) is 46.5 Å². The molecular weight excluding hydrogens is 359 g/mol. The van der Waals surface area contributed by atoms with E-state index < -0.39 is 0 Å². The molecule has 1 unspecified atom stereocenters. The first-order valence-corrected chi connectivity index (χ1v) is 8.18. The van der Waals surface area contributed by atoms with Gasteiger partial charge in [-0.1, -0.05) is 6.07 Å². The van der Waals surface area contributed by atoms with Crippen LogP contribution >= 0.6 is 24.8 Å². The van der Waals surface area contributed by atoms with Crippen LogP contribution in [0.2, 0.25) is 0 Å². The highest BCUT2D eigenvalue weighted by Gasteiger charge is 2.26. The Morgan fingerprint density at radius 2 is 2.04 bits per heavy atom. The molecule has 1 saturated heterocycles. The number of nitrogens with zero attached hydrogens (tertiary/aromatic N) is 3. The number of piperidine rings is 1. The predicted molar refractivity (Wildman–Crippen MR) is 106 cm³/mol. The summed E-state index contributed by atoms with van der Waals surface area (Å²) >= 11 is 0. The number of nitrogens with one attached hydrogen (secondary N) is 1. The first-order valence-electron chi connectivity index (χ1n) is 8.18.